The third kappa shape index (κ3) is 3.56. The van der Waals surface area contributed by atoms with Gasteiger partial charge in [-0.3, -0.25) is 4.79 Å². The Hall–Kier alpha value is -2.34. The number of carbonyl (C=O) groups is 1. The van der Waals surface area contributed by atoms with Gasteiger partial charge in [0.2, 0.25) is 5.91 Å². The van der Waals surface area contributed by atoms with E-state index in [1.165, 1.54) is 10.9 Å². The molecule has 1 amide bonds. The van der Waals surface area contributed by atoms with Crippen LogP contribution in [0.5, 0.6) is 0 Å². The lowest BCUT2D eigenvalue weighted by Crippen LogP contribution is -2.35. The van der Waals surface area contributed by atoms with Crippen LogP contribution in [0.3, 0.4) is 0 Å². The van der Waals surface area contributed by atoms with E-state index >= 15 is 0 Å². The first-order chi connectivity index (χ1) is 9.17. The Morgan fingerprint density at radius 1 is 1.32 bits per heavy atom. The van der Waals surface area contributed by atoms with Crippen molar-refractivity contribution < 1.29 is 4.79 Å². The molecule has 1 heterocycles. The molecule has 0 fully saturated rings. The number of hydrogen-bond donors (Lipinski definition) is 0. The Bertz CT molecular complexity index is 514. The zero-order valence-electron chi connectivity index (χ0n) is 11.3. The average molecular weight is 259 g/mol. The van der Waals surface area contributed by atoms with E-state index in [2.05, 4.69) is 4.98 Å². The van der Waals surface area contributed by atoms with Crippen molar-refractivity contribution in [3.63, 3.8) is 0 Å². The molecule has 19 heavy (non-hydrogen) atoms. The summed E-state index contributed by atoms with van der Waals surface area (Å²) in [5.41, 5.74) is 0.205. The summed E-state index contributed by atoms with van der Waals surface area (Å²) in [6.45, 7) is 5.49. The van der Waals surface area contributed by atoms with Crippen molar-refractivity contribution in [2.45, 2.75) is 33.2 Å². The summed E-state index contributed by atoms with van der Waals surface area (Å²) in [7, 11) is 0. The molecule has 1 aromatic heterocycles. The van der Waals surface area contributed by atoms with Crippen molar-refractivity contribution in [1.29, 1.82) is 10.5 Å². The maximum absolute atomic E-state index is 12.1. The molecule has 1 aromatic rings. The molecule has 0 radical (unpaired) electrons. The Kier molecular flexibility index (Phi) is 5.56. The van der Waals surface area contributed by atoms with Gasteiger partial charge in [0.15, 0.2) is 11.4 Å². The first-order valence-electron chi connectivity index (χ1n) is 6.31. The van der Waals surface area contributed by atoms with Gasteiger partial charge in [-0.25, -0.2) is 4.98 Å². The normalized spacial score (nSPS) is 9.68. The molecule has 0 saturated carbocycles. The molecule has 0 spiro atoms. The Labute approximate surface area is 112 Å². The fourth-order valence-corrected chi connectivity index (χ4v) is 1.85. The van der Waals surface area contributed by atoms with Crippen LogP contribution in [-0.4, -0.2) is 33.4 Å². The number of nitriles is 2. The second-order valence-corrected chi connectivity index (χ2v) is 4.17. The van der Waals surface area contributed by atoms with Gasteiger partial charge in [0.1, 0.15) is 18.7 Å². The summed E-state index contributed by atoms with van der Waals surface area (Å²) in [6.07, 6.45) is 3.15. The van der Waals surface area contributed by atoms with Gasteiger partial charge in [0.05, 0.1) is 6.33 Å². The van der Waals surface area contributed by atoms with Gasteiger partial charge in [-0.15, -0.1) is 0 Å². The first-order valence-corrected chi connectivity index (χ1v) is 6.31. The number of hydrogen-bond acceptors (Lipinski definition) is 4. The number of nitrogens with zero attached hydrogens (tertiary/aromatic N) is 5. The minimum atomic E-state index is -0.0536. The zero-order valence-corrected chi connectivity index (χ0v) is 11.3. The molecule has 0 aliphatic rings. The minimum absolute atomic E-state index is 0.0531. The van der Waals surface area contributed by atoms with Crippen LogP contribution in [0, 0.1) is 22.7 Å². The van der Waals surface area contributed by atoms with Crippen LogP contribution < -0.4 is 0 Å². The number of imidazole rings is 1. The molecular formula is C13H17N5O. The van der Waals surface area contributed by atoms with E-state index in [1.54, 1.807) is 4.90 Å². The van der Waals surface area contributed by atoms with Crippen molar-refractivity contribution in [3.8, 4) is 12.1 Å². The van der Waals surface area contributed by atoms with E-state index in [0.29, 0.717) is 13.1 Å². The highest BCUT2D eigenvalue weighted by molar-refractivity contribution is 5.76. The van der Waals surface area contributed by atoms with Gasteiger partial charge in [-0.1, -0.05) is 13.8 Å². The molecule has 6 nitrogen and oxygen atoms in total. The van der Waals surface area contributed by atoms with Crippen LogP contribution in [0.1, 0.15) is 38.1 Å². The molecule has 0 atom stereocenters. The topological polar surface area (TPSA) is 85.7 Å². The van der Waals surface area contributed by atoms with E-state index < -0.39 is 0 Å². The minimum Gasteiger partial charge on any atom is -0.341 e. The predicted molar refractivity (Wildman–Crippen MR) is 68.8 cm³/mol. The molecule has 0 unspecified atom stereocenters. The maximum Gasteiger partial charge on any atom is 0.242 e. The van der Waals surface area contributed by atoms with E-state index in [4.69, 9.17) is 10.5 Å². The third-order valence-electron chi connectivity index (χ3n) is 2.69. The van der Waals surface area contributed by atoms with E-state index in [1.807, 2.05) is 26.0 Å². The first kappa shape index (κ1) is 14.7. The van der Waals surface area contributed by atoms with Gasteiger partial charge in [-0.05, 0) is 12.8 Å². The molecule has 0 saturated heterocycles. The fraction of sp³-hybridized carbons (Fsp3) is 0.538. The summed E-state index contributed by atoms with van der Waals surface area (Å²) >= 11 is 0. The Morgan fingerprint density at radius 3 is 2.42 bits per heavy atom. The van der Waals surface area contributed by atoms with Crippen LogP contribution in [0.2, 0.25) is 0 Å². The molecular weight excluding hydrogens is 242 g/mol. The molecule has 6 heteroatoms. The lowest BCUT2D eigenvalue weighted by atomic mass is 10.3. The van der Waals surface area contributed by atoms with Crippen LogP contribution in [0.4, 0.5) is 0 Å². The summed E-state index contributed by atoms with van der Waals surface area (Å²) in [4.78, 5) is 17.7. The molecule has 0 aromatic carbocycles. The number of aromatic nitrogens is 2. The highest BCUT2D eigenvalue weighted by atomic mass is 16.2. The van der Waals surface area contributed by atoms with E-state index in [9.17, 15) is 4.79 Å². The van der Waals surface area contributed by atoms with Crippen LogP contribution in [0.25, 0.3) is 0 Å². The third-order valence-corrected chi connectivity index (χ3v) is 2.69. The highest BCUT2D eigenvalue weighted by Gasteiger charge is 2.16. The van der Waals surface area contributed by atoms with Gasteiger partial charge >= 0.3 is 0 Å². The van der Waals surface area contributed by atoms with Crippen molar-refractivity contribution >= 4 is 5.91 Å². The second kappa shape index (κ2) is 7.17. The van der Waals surface area contributed by atoms with Crippen molar-refractivity contribution in [2.75, 3.05) is 13.1 Å². The molecule has 0 bridgehead atoms. The van der Waals surface area contributed by atoms with Crippen molar-refractivity contribution in [2.24, 2.45) is 0 Å². The van der Waals surface area contributed by atoms with Gasteiger partial charge in [0, 0.05) is 13.1 Å². The van der Waals surface area contributed by atoms with Crippen molar-refractivity contribution in [3.05, 3.63) is 17.7 Å². The Morgan fingerprint density at radius 2 is 1.95 bits per heavy atom. The van der Waals surface area contributed by atoms with Crippen molar-refractivity contribution in [1.82, 2.24) is 14.5 Å². The molecule has 100 valence electrons. The predicted octanol–water partition coefficient (Wildman–Crippen LogP) is 1.28. The molecule has 0 aliphatic heterocycles. The number of amides is 1. The smallest absolute Gasteiger partial charge is 0.242 e. The Balaban J connectivity index is 2.84. The second-order valence-electron chi connectivity index (χ2n) is 4.17. The molecule has 0 N–H and O–H groups in total. The van der Waals surface area contributed by atoms with E-state index in [0.717, 1.165) is 12.8 Å². The van der Waals surface area contributed by atoms with Gasteiger partial charge in [0.25, 0.3) is 0 Å². The zero-order chi connectivity index (χ0) is 14.3. The standard InChI is InChI=1S/C13H17N5O/c1-3-5-17(6-4-2)13(19)9-18-10-16-11(7-14)12(18)8-15/h10H,3-6,9H2,1-2H3. The number of carbonyl (C=O) groups excluding carboxylic acids is 1. The summed E-state index contributed by atoms with van der Waals surface area (Å²) in [5.74, 6) is -0.0536. The number of rotatable bonds is 6. The fourth-order valence-electron chi connectivity index (χ4n) is 1.85. The highest BCUT2D eigenvalue weighted by Crippen LogP contribution is 2.06. The average Bonchev–Trinajstić information content (AvgIpc) is 2.80. The van der Waals surface area contributed by atoms with Crippen LogP contribution in [0.15, 0.2) is 6.33 Å². The SMILES string of the molecule is CCCN(CCC)C(=O)Cn1cnc(C#N)c1C#N. The lowest BCUT2D eigenvalue weighted by Gasteiger charge is -2.21. The van der Waals surface area contributed by atoms with Crippen LogP contribution >= 0.6 is 0 Å². The maximum atomic E-state index is 12.1. The molecule has 1 rings (SSSR count). The molecule has 0 aliphatic carbocycles. The monoisotopic (exact) mass is 259 g/mol. The van der Waals surface area contributed by atoms with Gasteiger partial charge < -0.3 is 9.47 Å². The lowest BCUT2D eigenvalue weighted by molar-refractivity contribution is -0.131. The largest absolute Gasteiger partial charge is 0.341 e. The summed E-state index contributed by atoms with van der Waals surface area (Å²) < 4.78 is 1.43. The summed E-state index contributed by atoms with van der Waals surface area (Å²) in [6, 6.07) is 3.75. The van der Waals surface area contributed by atoms with E-state index in [-0.39, 0.29) is 23.8 Å². The quantitative estimate of drug-likeness (QED) is 0.770. The summed E-state index contributed by atoms with van der Waals surface area (Å²) in [5, 5.41) is 17.8. The van der Waals surface area contributed by atoms with Gasteiger partial charge in [-0.2, -0.15) is 10.5 Å². The van der Waals surface area contributed by atoms with Crippen LogP contribution in [-0.2, 0) is 11.3 Å².